The summed E-state index contributed by atoms with van der Waals surface area (Å²) >= 11 is 0. The van der Waals surface area contributed by atoms with Crippen LogP contribution in [0.2, 0.25) is 0 Å². The van der Waals surface area contributed by atoms with E-state index in [0.717, 1.165) is 21.9 Å². The molecule has 0 heterocycles. The van der Waals surface area contributed by atoms with Crippen LogP contribution in [0.3, 0.4) is 0 Å². The average Bonchev–Trinajstić information content (AvgIpc) is 2.79. The molecule has 5 nitrogen and oxygen atoms in total. The molecule has 4 aromatic rings. The van der Waals surface area contributed by atoms with Gasteiger partial charge in [-0.05, 0) is 70.4 Å². The molecule has 0 radical (unpaired) electrons. The number of hydrazone groups is 1. The number of phenols is 1. The minimum Gasteiger partial charge on any atom is -0.507 e. The Morgan fingerprint density at radius 3 is 2.35 bits per heavy atom. The van der Waals surface area contributed by atoms with Crippen LogP contribution in [0.5, 0.6) is 11.5 Å². The lowest BCUT2D eigenvalue weighted by atomic mass is 10.1. The fourth-order valence-corrected chi connectivity index (χ4v) is 3.03. The summed E-state index contributed by atoms with van der Waals surface area (Å²) in [4.78, 5) is 12.4. The smallest absolute Gasteiger partial charge is 0.275 e. The highest BCUT2D eigenvalue weighted by molar-refractivity contribution is 6.01. The number of rotatable bonds is 6. The minimum absolute atomic E-state index is 0.103. The summed E-state index contributed by atoms with van der Waals surface area (Å²) in [6.07, 6.45) is 1.50. The third-order valence-corrected chi connectivity index (χ3v) is 4.69. The molecule has 0 aliphatic carbocycles. The fourth-order valence-electron chi connectivity index (χ4n) is 3.03. The van der Waals surface area contributed by atoms with E-state index in [-0.39, 0.29) is 17.1 Å². The standard InChI is InChI=1S/C25H19FN2O3/c26-21-9-5-18(6-10-21)16-31-22-11-7-17(8-12-22)15-27-28-25(30)23-13-19-3-1-2-4-20(19)14-24(23)29/h1-15,29H,16H2,(H,28,30). The third kappa shape index (κ3) is 5.05. The molecule has 0 spiro atoms. The summed E-state index contributed by atoms with van der Waals surface area (Å²) in [5.74, 6) is -0.227. The maximum absolute atomic E-state index is 12.9. The van der Waals surface area contributed by atoms with Crippen LogP contribution in [0.1, 0.15) is 21.5 Å². The number of hydrogen-bond acceptors (Lipinski definition) is 4. The van der Waals surface area contributed by atoms with E-state index in [2.05, 4.69) is 10.5 Å². The molecule has 4 aromatic carbocycles. The number of phenolic OH excluding ortho intramolecular Hbond substituents is 1. The second-order valence-electron chi connectivity index (χ2n) is 6.90. The van der Waals surface area contributed by atoms with Gasteiger partial charge in [0.2, 0.25) is 0 Å². The fraction of sp³-hybridized carbons (Fsp3) is 0.0400. The van der Waals surface area contributed by atoms with E-state index in [4.69, 9.17) is 4.74 Å². The Balaban J connectivity index is 1.35. The van der Waals surface area contributed by atoms with Crippen LogP contribution in [0.4, 0.5) is 4.39 Å². The molecule has 0 atom stereocenters. The molecule has 0 aliphatic rings. The van der Waals surface area contributed by atoms with Crippen molar-refractivity contribution in [2.45, 2.75) is 6.61 Å². The topological polar surface area (TPSA) is 70.9 Å². The summed E-state index contributed by atoms with van der Waals surface area (Å²) in [6, 6.07) is 23.9. The van der Waals surface area contributed by atoms with Crippen LogP contribution in [0, 0.1) is 5.82 Å². The third-order valence-electron chi connectivity index (χ3n) is 4.69. The van der Waals surface area contributed by atoms with E-state index >= 15 is 0 Å². The molecular weight excluding hydrogens is 395 g/mol. The minimum atomic E-state index is -0.501. The Hall–Kier alpha value is -4.19. The normalized spacial score (nSPS) is 11.0. The molecule has 0 fully saturated rings. The number of carbonyl (C=O) groups excluding carboxylic acids is 1. The van der Waals surface area contributed by atoms with E-state index in [9.17, 15) is 14.3 Å². The second kappa shape index (κ2) is 9.09. The highest BCUT2D eigenvalue weighted by atomic mass is 19.1. The molecule has 0 saturated heterocycles. The van der Waals surface area contributed by atoms with Gasteiger partial charge in [-0.2, -0.15) is 5.10 Å². The lowest BCUT2D eigenvalue weighted by molar-refractivity contribution is 0.0952. The van der Waals surface area contributed by atoms with Crippen molar-refractivity contribution in [1.29, 1.82) is 0 Å². The molecule has 6 heteroatoms. The van der Waals surface area contributed by atoms with Gasteiger partial charge in [0, 0.05) is 0 Å². The van der Waals surface area contributed by atoms with E-state index in [0.29, 0.717) is 12.4 Å². The summed E-state index contributed by atoms with van der Waals surface area (Å²) in [7, 11) is 0. The number of nitrogens with zero attached hydrogens (tertiary/aromatic N) is 1. The van der Waals surface area contributed by atoms with Crippen LogP contribution in [-0.2, 0) is 6.61 Å². The van der Waals surface area contributed by atoms with Gasteiger partial charge in [-0.25, -0.2) is 9.82 Å². The van der Waals surface area contributed by atoms with E-state index < -0.39 is 5.91 Å². The average molecular weight is 414 g/mol. The maximum Gasteiger partial charge on any atom is 0.275 e. The number of fused-ring (bicyclic) bond motifs is 1. The summed E-state index contributed by atoms with van der Waals surface area (Å²) in [5.41, 5.74) is 4.21. The Morgan fingerprint density at radius 2 is 1.65 bits per heavy atom. The first kappa shape index (κ1) is 20.1. The van der Waals surface area contributed by atoms with Gasteiger partial charge in [0.05, 0.1) is 11.8 Å². The van der Waals surface area contributed by atoms with Crippen molar-refractivity contribution in [2.24, 2.45) is 5.10 Å². The highest BCUT2D eigenvalue weighted by Crippen LogP contribution is 2.24. The van der Waals surface area contributed by atoms with Crippen LogP contribution in [0.15, 0.2) is 90.0 Å². The van der Waals surface area contributed by atoms with Crippen molar-refractivity contribution in [2.75, 3.05) is 0 Å². The maximum atomic E-state index is 12.9. The Bertz CT molecular complexity index is 1240. The molecule has 0 aliphatic heterocycles. The van der Waals surface area contributed by atoms with Gasteiger partial charge in [0.15, 0.2) is 0 Å². The number of carbonyl (C=O) groups is 1. The van der Waals surface area contributed by atoms with E-state index in [1.54, 1.807) is 48.5 Å². The number of ether oxygens (including phenoxy) is 1. The summed E-state index contributed by atoms with van der Waals surface area (Å²) in [6.45, 7) is 0.332. The largest absolute Gasteiger partial charge is 0.507 e. The molecule has 154 valence electrons. The van der Waals surface area contributed by atoms with E-state index in [1.807, 2.05) is 24.3 Å². The predicted molar refractivity (Wildman–Crippen MR) is 118 cm³/mol. The molecule has 2 N–H and O–H groups in total. The summed E-state index contributed by atoms with van der Waals surface area (Å²) in [5, 5.41) is 15.8. The Morgan fingerprint density at radius 1 is 0.968 bits per heavy atom. The van der Waals surface area contributed by atoms with Crippen LogP contribution < -0.4 is 10.2 Å². The Labute approximate surface area is 178 Å². The van der Waals surface area contributed by atoms with Gasteiger partial charge < -0.3 is 9.84 Å². The van der Waals surface area contributed by atoms with Crippen LogP contribution in [-0.4, -0.2) is 17.2 Å². The van der Waals surface area contributed by atoms with Gasteiger partial charge >= 0.3 is 0 Å². The second-order valence-corrected chi connectivity index (χ2v) is 6.90. The van der Waals surface area contributed by atoms with Crippen molar-refractivity contribution in [3.8, 4) is 11.5 Å². The zero-order chi connectivity index (χ0) is 21.6. The van der Waals surface area contributed by atoms with Gasteiger partial charge in [0.1, 0.15) is 23.9 Å². The number of hydrogen-bond donors (Lipinski definition) is 2. The zero-order valence-corrected chi connectivity index (χ0v) is 16.5. The monoisotopic (exact) mass is 414 g/mol. The van der Waals surface area contributed by atoms with Crippen molar-refractivity contribution >= 4 is 22.9 Å². The van der Waals surface area contributed by atoms with Crippen LogP contribution >= 0.6 is 0 Å². The van der Waals surface area contributed by atoms with Crippen LogP contribution in [0.25, 0.3) is 10.8 Å². The number of halogens is 1. The highest BCUT2D eigenvalue weighted by Gasteiger charge is 2.11. The molecule has 0 bridgehead atoms. The van der Waals surface area contributed by atoms with Gasteiger partial charge in [-0.15, -0.1) is 0 Å². The quantitative estimate of drug-likeness (QED) is 0.343. The van der Waals surface area contributed by atoms with Gasteiger partial charge in [-0.1, -0.05) is 36.4 Å². The van der Waals surface area contributed by atoms with Crippen molar-refractivity contribution in [1.82, 2.24) is 5.43 Å². The molecule has 1 amide bonds. The number of benzene rings is 4. The van der Waals surface area contributed by atoms with Crippen molar-refractivity contribution in [3.63, 3.8) is 0 Å². The lowest BCUT2D eigenvalue weighted by Crippen LogP contribution is -2.17. The van der Waals surface area contributed by atoms with Crippen molar-refractivity contribution in [3.05, 3.63) is 107 Å². The molecular formula is C25H19FN2O3. The van der Waals surface area contributed by atoms with Gasteiger partial charge in [0.25, 0.3) is 5.91 Å². The zero-order valence-electron chi connectivity index (χ0n) is 16.5. The number of amides is 1. The van der Waals surface area contributed by atoms with Gasteiger partial charge in [-0.3, -0.25) is 4.79 Å². The summed E-state index contributed by atoms with van der Waals surface area (Å²) < 4.78 is 18.6. The lowest BCUT2D eigenvalue weighted by Gasteiger charge is -2.07. The number of aromatic hydroxyl groups is 1. The van der Waals surface area contributed by atoms with Crippen molar-refractivity contribution < 1.29 is 19.0 Å². The first-order valence-corrected chi connectivity index (χ1v) is 9.61. The number of nitrogens with one attached hydrogen (secondary N) is 1. The molecule has 4 rings (SSSR count). The Kier molecular flexibility index (Phi) is 5.89. The van der Waals surface area contributed by atoms with E-state index in [1.165, 1.54) is 18.3 Å². The predicted octanol–water partition coefficient (Wildman–Crippen LogP) is 5.03. The first-order chi connectivity index (χ1) is 15.1. The molecule has 0 aromatic heterocycles. The molecule has 0 unspecified atom stereocenters. The first-order valence-electron chi connectivity index (χ1n) is 9.61. The SMILES string of the molecule is O=C(NN=Cc1ccc(OCc2ccc(F)cc2)cc1)c1cc2ccccc2cc1O. The molecule has 0 saturated carbocycles. The molecule has 31 heavy (non-hydrogen) atoms.